The zero-order chi connectivity index (χ0) is 27.4. The van der Waals surface area contributed by atoms with Crippen molar-refractivity contribution in [2.24, 2.45) is 0 Å². The topological polar surface area (TPSA) is 108 Å². The number of amides is 1. The van der Waals surface area contributed by atoms with Gasteiger partial charge in [-0.1, -0.05) is 5.92 Å². The van der Waals surface area contributed by atoms with Crippen molar-refractivity contribution in [1.29, 1.82) is 0 Å². The van der Waals surface area contributed by atoms with Crippen LogP contribution in [0.5, 0.6) is 11.5 Å². The number of aromatic amines is 1. The van der Waals surface area contributed by atoms with Gasteiger partial charge >= 0.3 is 6.18 Å². The van der Waals surface area contributed by atoms with E-state index >= 15 is 0 Å². The fourth-order valence-electron chi connectivity index (χ4n) is 4.26. The molecule has 1 atom stereocenters. The van der Waals surface area contributed by atoms with Crippen LogP contribution in [0.2, 0.25) is 0 Å². The van der Waals surface area contributed by atoms with Gasteiger partial charge in [-0.05, 0) is 49.7 Å². The first-order chi connectivity index (χ1) is 18.8. The van der Waals surface area contributed by atoms with Gasteiger partial charge in [0.25, 0.3) is 5.91 Å². The van der Waals surface area contributed by atoms with E-state index in [1.165, 1.54) is 12.1 Å². The molecule has 1 saturated heterocycles. The number of benzene rings is 1. The first-order valence-electron chi connectivity index (χ1n) is 12.1. The quantitative estimate of drug-likeness (QED) is 0.288. The van der Waals surface area contributed by atoms with Crippen molar-refractivity contribution in [3.8, 4) is 23.3 Å². The average Bonchev–Trinajstić information content (AvgIpc) is 3.55. The molecule has 4 heterocycles. The summed E-state index contributed by atoms with van der Waals surface area (Å²) in [6.45, 7) is 4.35. The van der Waals surface area contributed by atoms with Gasteiger partial charge < -0.3 is 15.4 Å². The number of hydrogen-bond donors (Lipinski definition) is 3. The Hall–Kier alpha value is -4.63. The van der Waals surface area contributed by atoms with Crippen molar-refractivity contribution in [2.75, 3.05) is 30.3 Å². The van der Waals surface area contributed by atoms with Crippen LogP contribution >= 0.6 is 0 Å². The third-order valence-electron chi connectivity index (χ3n) is 6.19. The predicted octanol–water partition coefficient (Wildman–Crippen LogP) is 4.93. The molecule has 0 aliphatic carbocycles. The minimum atomic E-state index is -4.54. The SMILES string of the molecule is CC#CCN1CC[C@@H](Nc2n[nH]c3nccc(Oc4ccc(C(=O)Nc5cc(C(F)(F)F)ccn5)cc4)c23)C1. The largest absolute Gasteiger partial charge is 0.456 e. The minimum absolute atomic E-state index is 0.196. The smallest absolute Gasteiger partial charge is 0.416 e. The molecule has 1 amide bonds. The van der Waals surface area contributed by atoms with Crippen molar-refractivity contribution in [3.63, 3.8) is 0 Å². The lowest BCUT2D eigenvalue weighted by Crippen LogP contribution is -2.26. The number of carbonyl (C=O) groups is 1. The van der Waals surface area contributed by atoms with Gasteiger partial charge in [0, 0.05) is 43.2 Å². The first-order valence-corrected chi connectivity index (χ1v) is 12.1. The molecule has 9 nitrogen and oxygen atoms in total. The normalized spacial score (nSPS) is 15.5. The van der Waals surface area contributed by atoms with Crippen molar-refractivity contribution < 1.29 is 22.7 Å². The highest BCUT2D eigenvalue weighted by molar-refractivity contribution is 6.03. The summed E-state index contributed by atoms with van der Waals surface area (Å²) in [4.78, 5) is 23.0. The Balaban J connectivity index is 1.27. The summed E-state index contributed by atoms with van der Waals surface area (Å²) in [5.74, 6) is 6.82. The van der Waals surface area contributed by atoms with Crippen molar-refractivity contribution >= 4 is 28.6 Å². The van der Waals surface area contributed by atoms with Crippen molar-refractivity contribution in [3.05, 3.63) is 66.0 Å². The number of nitrogens with zero attached hydrogens (tertiary/aromatic N) is 4. The van der Waals surface area contributed by atoms with E-state index in [2.05, 4.69) is 47.5 Å². The Morgan fingerprint density at radius 2 is 1.97 bits per heavy atom. The van der Waals surface area contributed by atoms with Crippen molar-refractivity contribution in [2.45, 2.75) is 25.6 Å². The molecular weight excluding hydrogens is 511 g/mol. The third-order valence-corrected chi connectivity index (χ3v) is 6.19. The van der Waals surface area contributed by atoms with Gasteiger partial charge in [-0.25, -0.2) is 9.97 Å². The van der Waals surface area contributed by atoms with Crippen LogP contribution in [0.1, 0.15) is 29.3 Å². The second-order valence-corrected chi connectivity index (χ2v) is 8.90. The van der Waals surface area contributed by atoms with Gasteiger partial charge in [0.15, 0.2) is 11.5 Å². The number of halogens is 3. The van der Waals surface area contributed by atoms with E-state index < -0.39 is 17.6 Å². The number of nitrogens with one attached hydrogen (secondary N) is 3. The number of hydrogen-bond acceptors (Lipinski definition) is 7. The highest BCUT2D eigenvalue weighted by atomic mass is 19.4. The van der Waals surface area contributed by atoms with Gasteiger partial charge in [0.2, 0.25) is 0 Å². The molecule has 1 fully saturated rings. The molecule has 1 aliphatic rings. The van der Waals surface area contributed by atoms with Crippen LogP contribution in [-0.4, -0.2) is 56.6 Å². The molecule has 3 N–H and O–H groups in total. The summed E-state index contributed by atoms with van der Waals surface area (Å²) in [6.07, 6.45) is -0.987. The second kappa shape index (κ2) is 11.0. The summed E-state index contributed by atoms with van der Waals surface area (Å²) in [5.41, 5.74) is -0.110. The maximum Gasteiger partial charge on any atom is 0.416 e. The fraction of sp³-hybridized carbons (Fsp3) is 0.259. The molecule has 39 heavy (non-hydrogen) atoms. The third kappa shape index (κ3) is 6.10. The van der Waals surface area contributed by atoms with Crippen LogP contribution in [0.25, 0.3) is 11.0 Å². The Morgan fingerprint density at radius 3 is 2.74 bits per heavy atom. The second-order valence-electron chi connectivity index (χ2n) is 8.90. The Morgan fingerprint density at radius 1 is 1.18 bits per heavy atom. The summed E-state index contributed by atoms with van der Waals surface area (Å²) in [7, 11) is 0. The van der Waals surface area contributed by atoms with E-state index in [4.69, 9.17) is 4.74 Å². The molecule has 5 rings (SSSR count). The summed E-state index contributed by atoms with van der Waals surface area (Å²) < 4.78 is 44.9. The number of rotatable bonds is 7. The molecule has 0 unspecified atom stereocenters. The van der Waals surface area contributed by atoms with Crippen LogP contribution in [-0.2, 0) is 6.18 Å². The highest BCUT2D eigenvalue weighted by Gasteiger charge is 2.31. The molecule has 0 spiro atoms. The summed E-state index contributed by atoms with van der Waals surface area (Å²) in [6, 6.07) is 9.75. The number of pyridine rings is 2. The number of H-pyrrole nitrogens is 1. The zero-order valence-corrected chi connectivity index (χ0v) is 20.8. The Bertz CT molecular complexity index is 1540. The van der Waals surface area contributed by atoms with Gasteiger partial charge in [-0.15, -0.1) is 5.92 Å². The van der Waals surface area contributed by atoms with E-state index in [1.807, 2.05) is 6.92 Å². The van der Waals surface area contributed by atoms with E-state index in [9.17, 15) is 18.0 Å². The maximum absolute atomic E-state index is 12.9. The molecule has 0 bridgehead atoms. The number of fused-ring (bicyclic) bond motifs is 1. The zero-order valence-electron chi connectivity index (χ0n) is 20.8. The summed E-state index contributed by atoms with van der Waals surface area (Å²) >= 11 is 0. The number of ether oxygens (including phenoxy) is 1. The van der Waals surface area contributed by atoms with Gasteiger partial charge in [-0.2, -0.15) is 18.3 Å². The van der Waals surface area contributed by atoms with Crippen LogP contribution < -0.4 is 15.4 Å². The molecule has 1 aromatic carbocycles. The van der Waals surface area contributed by atoms with Gasteiger partial charge in [0.1, 0.15) is 22.7 Å². The van der Waals surface area contributed by atoms with Gasteiger partial charge in [-0.3, -0.25) is 14.8 Å². The number of carbonyl (C=O) groups excluding carboxylic acids is 1. The highest BCUT2D eigenvalue weighted by Crippen LogP contribution is 2.34. The molecule has 0 saturated carbocycles. The molecule has 12 heteroatoms. The lowest BCUT2D eigenvalue weighted by Gasteiger charge is -2.14. The lowest BCUT2D eigenvalue weighted by atomic mass is 10.2. The van der Waals surface area contributed by atoms with Crippen LogP contribution in [0.15, 0.2) is 54.9 Å². The predicted molar refractivity (Wildman–Crippen MR) is 140 cm³/mol. The minimum Gasteiger partial charge on any atom is -0.456 e. The average molecular weight is 536 g/mol. The Labute approximate surface area is 221 Å². The fourth-order valence-corrected chi connectivity index (χ4v) is 4.26. The van der Waals surface area contributed by atoms with E-state index in [0.29, 0.717) is 28.4 Å². The summed E-state index contributed by atoms with van der Waals surface area (Å²) in [5, 5.41) is 13.9. The van der Waals surface area contributed by atoms with Crippen molar-refractivity contribution in [1.82, 2.24) is 25.1 Å². The standard InChI is InChI=1S/C27H24F3N7O2/c1-2-3-13-37-14-10-19(16-37)33-25-23-21(9-12-32-24(23)35-36-25)39-20-6-4-17(5-7-20)26(38)34-22-15-18(8-11-31-22)27(28,29)30/h4-9,11-12,15,19H,10,13-14,16H2,1H3,(H,31,34,38)(H2,32,33,35,36)/t19-/m1/s1. The van der Waals surface area contributed by atoms with Crippen LogP contribution in [0.3, 0.4) is 0 Å². The number of likely N-dealkylation sites (tertiary alicyclic amines) is 1. The molecule has 200 valence electrons. The Kier molecular flexibility index (Phi) is 7.33. The molecule has 1 aliphatic heterocycles. The first kappa shape index (κ1) is 26.0. The molecule has 4 aromatic rings. The number of aromatic nitrogens is 4. The number of anilines is 2. The van der Waals surface area contributed by atoms with E-state index in [1.54, 1.807) is 24.4 Å². The van der Waals surface area contributed by atoms with Gasteiger partial charge in [0.05, 0.1) is 12.1 Å². The van der Waals surface area contributed by atoms with Crippen LogP contribution in [0, 0.1) is 11.8 Å². The van der Waals surface area contributed by atoms with Crippen LogP contribution in [0.4, 0.5) is 24.8 Å². The monoisotopic (exact) mass is 535 g/mol. The van der Waals surface area contributed by atoms with E-state index in [0.717, 1.165) is 44.4 Å². The lowest BCUT2D eigenvalue weighted by molar-refractivity contribution is -0.137. The molecule has 3 aromatic heterocycles. The molecule has 0 radical (unpaired) electrons. The van der Waals surface area contributed by atoms with E-state index in [-0.39, 0.29) is 17.4 Å². The number of alkyl halides is 3. The maximum atomic E-state index is 12.9. The molecular formula is C27H24F3N7O2.